The summed E-state index contributed by atoms with van der Waals surface area (Å²) in [5, 5.41) is -0.516. The van der Waals surface area contributed by atoms with E-state index in [0.717, 1.165) is 6.42 Å². The third-order valence-corrected chi connectivity index (χ3v) is 2.26. The zero-order chi connectivity index (χ0) is 9.02. The molecule has 0 saturated heterocycles. The maximum atomic E-state index is 10.6. The average molecular weight is 178 g/mol. The SMILES string of the molecule is CC(C)CC(C)C(Cl)C(N)=O. The van der Waals surface area contributed by atoms with Crippen LogP contribution in [-0.2, 0) is 4.79 Å². The highest BCUT2D eigenvalue weighted by Gasteiger charge is 2.20. The molecule has 2 nitrogen and oxygen atoms in total. The van der Waals surface area contributed by atoms with E-state index in [2.05, 4.69) is 13.8 Å². The summed E-state index contributed by atoms with van der Waals surface area (Å²) < 4.78 is 0. The Morgan fingerprint density at radius 1 is 1.45 bits per heavy atom. The van der Waals surface area contributed by atoms with Gasteiger partial charge in [-0.1, -0.05) is 20.8 Å². The molecule has 0 fully saturated rings. The van der Waals surface area contributed by atoms with Gasteiger partial charge in [0.05, 0.1) is 0 Å². The van der Waals surface area contributed by atoms with Crippen molar-refractivity contribution in [1.29, 1.82) is 0 Å². The van der Waals surface area contributed by atoms with Gasteiger partial charge in [0, 0.05) is 0 Å². The Morgan fingerprint density at radius 3 is 2.18 bits per heavy atom. The van der Waals surface area contributed by atoms with Gasteiger partial charge in [0.15, 0.2) is 0 Å². The van der Waals surface area contributed by atoms with Crippen LogP contribution in [0.25, 0.3) is 0 Å². The van der Waals surface area contributed by atoms with Crippen molar-refractivity contribution in [2.45, 2.75) is 32.6 Å². The third kappa shape index (κ3) is 4.25. The van der Waals surface area contributed by atoms with Crippen LogP contribution in [0.1, 0.15) is 27.2 Å². The molecule has 0 bridgehead atoms. The van der Waals surface area contributed by atoms with Gasteiger partial charge in [-0.25, -0.2) is 0 Å². The number of hydrogen-bond acceptors (Lipinski definition) is 1. The zero-order valence-corrected chi connectivity index (χ0v) is 8.06. The van der Waals surface area contributed by atoms with E-state index in [4.69, 9.17) is 17.3 Å². The lowest BCUT2D eigenvalue weighted by atomic mass is 9.95. The molecule has 0 saturated carbocycles. The van der Waals surface area contributed by atoms with Crippen LogP contribution in [0.15, 0.2) is 0 Å². The van der Waals surface area contributed by atoms with Crippen molar-refractivity contribution in [3.63, 3.8) is 0 Å². The number of hydrogen-bond donors (Lipinski definition) is 1. The van der Waals surface area contributed by atoms with Gasteiger partial charge in [-0.15, -0.1) is 11.6 Å². The lowest BCUT2D eigenvalue weighted by Gasteiger charge is -2.16. The lowest BCUT2D eigenvalue weighted by Crippen LogP contribution is -2.30. The van der Waals surface area contributed by atoms with E-state index in [1.807, 2.05) is 6.92 Å². The zero-order valence-electron chi connectivity index (χ0n) is 7.30. The average Bonchev–Trinajstić information content (AvgIpc) is 1.84. The number of carbonyl (C=O) groups excluding carboxylic acids is 1. The van der Waals surface area contributed by atoms with Gasteiger partial charge in [-0.2, -0.15) is 0 Å². The number of alkyl halides is 1. The molecule has 0 aromatic heterocycles. The van der Waals surface area contributed by atoms with E-state index in [1.165, 1.54) is 0 Å². The summed E-state index contributed by atoms with van der Waals surface area (Å²) in [5.74, 6) is 0.319. The highest BCUT2D eigenvalue weighted by molar-refractivity contribution is 6.30. The predicted molar refractivity (Wildman–Crippen MR) is 47.5 cm³/mol. The molecule has 0 radical (unpaired) electrons. The predicted octanol–water partition coefficient (Wildman–Crippen LogP) is 1.76. The van der Waals surface area contributed by atoms with Crippen LogP contribution < -0.4 is 5.73 Å². The van der Waals surface area contributed by atoms with Crippen LogP contribution >= 0.6 is 11.6 Å². The summed E-state index contributed by atoms with van der Waals surface area (Å²) in [5.41, 5.74) is 5.04. The first-order valence-corrected chi connectivity index (χ1v) is 4.32. The van der Waals surface area contributed by atoms with Crippen LogP contribution in [0.2, 0.25) is 0 Å². The van der Waals surface area contributed by atoms with E-state index in [0.29, 0.717) is 5.92 Å². The van der Waals surface area contributed by atoms with Crippen molar-refractivity contribution < 1.29 is 4.79 Å². The largest absolute Gasteiger partial charge is 0.368 e. The smallest absolute Gasteiger partial charge is 0.235 e. The molecule has 11 heavy (non-hydrogen) atoms. The number of nitrogens with two attached hydrogens (primary N) is 1. The first kappa shape index (κ1) is 10.8. The third-order valence-electron chi connectivity index (χ3n) is 1.61. The standard InChI is InChI=1S/C8H16ClNO/c1-5(2)4-6(3)7(9)8(10)11/h5-7H,4H2,1-3H3,(H2,10,11). The summed E-state index contributed by atoms with van der Waals surface area (Å²) in [6.45, 7) is 6.14. The minimum Gasteiger partial charge on any atom is -0.368 e. The van der Waals surface area contributed by atoms with Gasteiger partial charge in [0.2, 0.25) is 5.91 Å². The molecule has 0 aromatic carbocycles. The Kier molecular flexibility index (Phi) is 4.50. The Balaban J connectivity index is 3.82. The van der Waals surface area contributed by atoms with Crippen molar-refractivity contribution in [2.75, 3.05) is 0 Å². The monoisotopic (exact) mass is 177 g/mol. The second kappa shape index (κ2) is 4.60. The van der Waals surface area contributed by atoms with Crippen LogP contribution in [0, 0.1) is 11.8 Å². The molecule has 3 heteroatoms. The summed E-state index contributed by atoms with van der Waals surface area (Å²) in [7, 11) is 0. The van der Waals surface area contributed by atoms with Crippen LogP contribution in [0.4, 0.5) is 0 Å². The number of primary amides is 1. The van der Waals surface area contributed by atoms with Gasteiger partial charge in [0.25, 0.3) is 0 Å². The van der Waals surface area contributed by atoms with Gasteiger partial charge in [0.1, 0.15) is 5.38 Å². The van der Waals surface area contributed by atoms with E-state index in [9.17, 15) is 4.79 Å². The van der Waals surface area contributed by atoms with E-state index in [1.54, 1.807) is 0 Å². The van der Waals surface area contributed by atoms with Crippen molar-refractivity contribution in [3.05, 3.63) is 0 Å². The highest BCUT2D eigenvalue weighted by Crippen LogP contribution is 2.18. The quantitative estimate of drug-likeness (QED) is 0.654. The van der Waals surface area contributed by atoms with Gasteiger partial charge in [-0.3, -0.25) is 4.79 Å². The second-order valence-corrected chi connectivity index (χ2v) is 3.88. The molecule has 66 valence electrons. The first-order valence-electron chi connectivity index (χ1n) is 3.88. The topological polar surface area (TPSA) is 43.1 Å². The molecule has 0 aromatic rings. The van der Waals surface area contributed by atoms with Crippen molar-refractivity contribution >= 4 is 17.5 Å². The van der Waals surface area contributed by atoms with E-state index < -0.39 is 11.3 Å². The van der Waals surface area contributed by atoms with E-state index in [-0.39, 0.29) is 5.92 Å². The Labute approximate surface area is 73.1 Å². The molecule has 2 atom stereocenters. The van der Waals surface area contributed by atoms with Crippen LogP contribution in [-0.4, -0.2) is 11.3 Å². The fourth-order valence-corrected chi connectivity index (χ4v) is 1.25. The molecule has 0 aliphatic carbocycles. The molecule has 0 aliphatic heterocycles. The second-order valence-electron chi connectivity index (χ2n) is 3.41. The molecule has 0 aliphatic rings. The fraction of sp³-hybridized carbons (Fsp3) is 0.875. The molecule has 0 heterocycles. The number of rotatable bonds is 4. The maximum absolute atomic E-state index is 10.6. The Bertz CT molecular complexity index is 136. The van der Waals surface area contributed by atoms with Crippen molar-refractivity contribution in [3.8, 4) is 0 Å². The Morgan fingerprint density at radius 2 is 1.91 bits per heavy atom. The summed E-state index contributed by atoms with van der Waals surface area (Å²) in [4.78, 5) is 10.6. The van der Waals surface area contributed by atoms with Crippen LogP contribution in [0.3, 0.4) is 0 Å². The molecule has 1 amide bonds. The number of carbonyl (C=O) groups is 1. The maximum Gasteiger partial charge on any atom is 0.235 e. The lowest BCUT2D eigenvalue weighted by molar-refractivity contribution is -0.118. The van der Waals surface area contributed by atoms with Crippen molar-refractivity contribution in [2.24, 2.45) is 17.6 Å². The number of halogens is 1. The molecule has 0 spiro atoms. The molecular formula is C8H16ClNO. The first-order chi connectivity index (χ1) is 4.95. The molecule has 2 unspecified atom stereocenters. The fourth-order valence-electron chi connectivity index (χ4n) is 1.14. The van der Waals surface area contributed by atoms with Gasteiger partial charge < -0.3 is 5.73 Å². The summed E-state index contributed by atoms with van der Waals surface area (Å²) in [6.07, 6.45) is 0.942. The summed E-state index contributed by atoms with van der Waals surface area (Å²) in [6, 6.07) is 0. The Hall–Kier alpha value is -0.240. The molecular weight excluding hydrogens is 162 g/mol. The van der Waals surface area contributed by atoms with Gasteiger partial charge in [-0.05, 0) is 18.3 Å². The normalized spacial score (nSPS) is 16.5. The molecule has 0 rings (SSSR count). The van der Waals surface area contributed by atoms with Crippen LogP contribution in [0.5, 0.6) is 0 Å². The van der Waals surface area contributed by atoms with Crippen molar-refractivity contribution in [1.82, 2.24) is 0 Å². The number of amides is 1. The molecule has 2 N–H and O–H groups in total. The minimum absolute atomic E-state index is 0.175. The highest BCUT2D eigenvalue weighted by atomic mass is 35.5. The van der Waals surface area contributed by atoms with E-state index >= 15 is 0 Å². The minimum atomic E-state index is -0.516. The van der Waals surface area contributed by atoms with Gasteiger partial charge >= 0.3 is 0 Å². The summed E-state index contributed by atoms with van der Waals surface area (Å²) >= 11 is 5.74.